The standard InChI is InChI=1S/C45H70N4O5/c1-5-14-39(45(54)47-40(27-33-17-10-7-11-18-33)43(52)41(50)25-31(2)3)46-44(53)36(26-32-15-8-6-9-16-32)30-42(51)48(4)23-24-49-22-21-35-29-37(49)28-34-19-12-13-20-38(34)35/h1,6,8-9,15-16,31,33-41,43,50,52H,7,10-14,17-30H2,2-4H3,(H,46,53)(H,47,54)/t34?,35?,36-,37?,38?,39+,40+,41+,43-/m1/s1. The number of hydrogen-bond acceptors (Lipinski definition) is 6. The predicted octanol–water partition coefficient (Wildman–Crippen LogP) is 5.72. The number of rotatable bonds is 18. The second kappa shape index (κ2) is 20.8. The maximum absolute atomic E-state index is 14.1. The molecule has 0 aromatic heterocycles. The van der Waals surface area contributed by atoms with E-state index in [-0.39, 0.29) is 24.7 Å². The summed E-state index contributed by atoms with van der Waals surface area (Å²) in [5.74, 6) is 4.04. The molecule has 0 spiro atoms. The zero-order valence-corrected chi connectivity index (χ0v) is 33.5. The van der Waals surface area contributed by atoms with Gasteiger partial charge in [-0.05, 0) is 86.6 Å². The zero-order valence-electron chi connectivity index (χ0n) is 33.5. The lowest BCUT2D eigenvalue weighted by molar-refractivity contribution is -0.137. The van der Waals surface area contributed by atoms with Gasteiger partial charge in [-0.3, -0.25) is 19.3 Å². The SMILES string of the molecule is C#CC[C@H](NC(=O)[C@@H](CC(=O)N(C)CCN1CCC2CC1CC1CCCCC12)Cc1ccccc1)C(=O)N[C@@H](CC1CCCCC1)[C@@H](O)[C@@H](O)CC(C)C. The van der Waals surface area contributed by atoms with Crippen LogP contribution in [0.4, 0.5) is 0 Å². The van der Waals surface area contributed by atoms with Gasteiger partial charge in [-0.15, -0.1) is 12.3 Å². The number of fused-ring (bicyclic) bond motifs is 4. The van der Waals surface area contributed by atoms with Gasteiger partial charge in [0.25, 0.3) is 0 Å². The number of aliphatic hydroxyl groups is 2. The molecule has 4 fully saturated rings. The van der Waals surface area contributed by atoms with Crippen LogP contribution < -0.4 is 10.6 Å². The number of carbonyl (C=O) groups excluding carboxylic acids is 3. The van der Waals surface area contributed by atoms with Gasteiger partial charge in [0.2, 0.25) is 17.7 Å². The molecule has 0 radical (unpaired) electrons. The molecule has 9 nitrogen and oxygen atoms in total. The van der Waals surface area contributed by atoms with E-state index in [1.165, 1.54) is 51.4 Å². The van der Waals surface area contributed by atoms with Crippen LogP contribution in [-0.2, 0) is 20.8 Å². The van der Waals surface area contributed by atoms with E-state index in [0.717, 1.165) is 62.1 Å². The molecule has 1 aromatic rings. The van der Waals surface area contributed by atoms with Crippen molar-refractivity contribution in [1.29, 1.82) is 0 Å². The molecule has 9 atom stereocenters. The highest BCUT2D eigenvalue weighted by Gasteiger charge is 2.43. The first-order valence-electron chi connectivity index (χ1n) is 21.4. The number of likely N-dealkylation sites (N-methyl/N-ethyl adjacent to an activating group) is 1. The summed E-state index contributed by atoms with van der Waals surface area (Å²) in [5.41, 5.74) is 0.932. The Balaban J connectivity index is 1.21. The molecule has 54 heavy (non-hydrogen) atoms. The number of likely N-dealkylation sites (tertiary alicyclic amines) is 1. The fourth-order valence-electron chi connectivity index (χ4n) is 10.3. The maximum atomic E-state index is 14.1. The van der Waals surface area contributed by atoms with Gasteiger partial charge < -0.3 is 25.7 Å². The summed E-state index contributed by atoms with van der Waals surface area (Å²) >= 11 is 0. The van der Waals surface area contributed by atoms with Crippen molar-refractivity contribution in [2.24, 2.45) is 35.5 Å². The van der Waals surface area contributed by atoms with Crippen molar-refractivity contribution in [2.75, 3.05) is 26.7 Å². The van der Waals surface area contributed by atoms with Crippen LogP contribution in [0.25, 0.3) is 0 Å². The number of aliphatic hydroxyl groups excluding tert-OH is 2. The zero-order chi connectivity index (χ0) is 38.6. The summed E-state index contributed by atoms with van der Waals surface area (Å²) < 4.78 is 0. The first-order chi connectivity index (χ1) is 26.0. The fourth-order valence-corrected chi connectivity index (χ4v) is 10.3. The van der Waals surface area contributed by atoms with Gasteiger partial charge in [-0.25, -0.2) is 0 Å². The largest absolute Gasteiger partial charge is 0.390 e. The topological polar surface area (TPSA) is 122 Å². The molecule has 2 bridgehead atoms. The Morgan fingerprint density at radius 2 is 1.61 bits per heavy atom. The number of nitrogens with one attached hydrogen (secondary N) is 2. The lowest BCUT2D eigenvalue weighted by atomic mass is 9.61. The quantitative estimate of drug-likeness (QED) is 0.143. The molecule has 1 heterocycles. The Labute approximate surface area is 325 Å². The van der Waals surface area contributed by atoms with Crippen molar-refractivity contribution in [1.82, 2.24) is 20.4 Å². The minimum Gasteiger partial charge on any atom is -0.390 e. The van der Waals surface area contributed by atoms with Gasteiger partial charge in [-0.1, -0.05) is 95.5 Å². The molecule has 3 aliphatic carbocycles. The van der Waals surface area contributed by atoms with Gasteiger partial charge >= 0.3 is 0 Å². The molecule has 3 amide bonds. The Morgan fingerprint density at radius 1 is 0.926 bits per heavy atom. The van der Waals surface area contributed by atoms with Crippen LogP contribution in [0.2, 0.25) is 0 Å². The van der Waals surface area contributed by atoms with Crippen LogP contribution in [0.5, 0.6) is 0 Å². The van der Waals surface area contributed by atoms with Crippen molar-refractivity contribution in [3.8, 4) is 12.3 Å². The first-order valence-corrected chi connectivity index (χ1v) is 21.4. The van der Waals surface area contributed by atoms with Crippen molar-refractivity contribution >= 4 is 17.7 Å². The van der Waals surface area contributed by atoms with Gasteiger partial charge in [0, 0.05) is 39.0 Å². The number of nitrogens with zero attached hydrogens (tertiary/aromatic N) is 2. The predicted molar refractivity (Wildman–Crippen MR) is 214 cm³/mol. The molecule has 4 N–H and O–H groups in total. The molecular weight excluding hydrogens is 677 g/mol. The average molecular weight is 747 g/mol. The van der Waals surface area contributed by atoms with E-state index in [1.54, 1.807) is 4.90 Å². The van der Waals surface area contributed by atoms with E-state index in [2.05, 4.69) is 21.5 Å². The van der Waals surface area contributed by atoms with Gasteiger partial charge in [0.15, 0.2) is 0 Å². The normalized spacial score (nSPS) is 26.0. The van der Waals surface area contributed by atoms with Crippen LogP contribution in [0.1, 0.15) is 122 Å². The third kappa shape index (κ3) is 12.0. The number of hydrogen-bond donors (Lipinski definition) is 4. The first kappa shape index (κ1) is 42.2. The van der Waals surface area contributed by atoms with Gasteiger partial charge in [-0.2, -0.15) is 0 Å². The molecule has 5 rings (SSSR count). The molecule has 4 unspecified atom stereocenters. The highest BCUT2D eigenvalue weighted by molar-refractivity contribution is 5.91. The Morgan fingerprint density at radius 3 is 2.31 bits per heavy atom. The summed E-state index contributed by atoms with van der Waals surface area (Å²) in [6.07, 6.45) is 19.7. The lowest BCUT2D eigenvalue weighted by Gasteiger charge is -2.52. The number of carbonyl (C=O) groups is 3. The molecule has 9 heteroatoms. The van der Waals surface area contributed by atoms with Gasteiger partial charge in [0.1, 0.15) is 12.1 Å². The summed E-state index contributed by atoms with van der Waals surface area (Å²) in [4.78, 5) is 46.1. The van der Waals surface area contributed by atoms with Crippen molar-refractivity contribution < 1.29 is 24.6 Å². The third-order valence-corrected chi connectivity index (χ3v) is 13.4. The minimum absolute atomic E-state index is 0.0152. The van der Waals surface area contributed by atoms with Crippen LogP contribution >= 0.6 is 0 Å². The molecular formula is C45H70N4O5. The molecule has 300 valence electrons. The second-order valence-electron chi connectivity index (χ2n) is 17.8. The van der Waals surface area contributed by atoms with E-state index in [0.29, 0.717) is 37.8 Å². The maximum Gasteiger partial charge on any atom is 0.243 e. The van der Waals surface area contributed by atoms with Crippen LogP contribution in [0, 0.1) is 47.9 Å². The Bertz CT molecular complexity index is 1370. The number of piperidine rings is 1. The highest BCUT2D eigenvalue weighted by atomic mass is 16.3. The van der Waals surface area contributed by atoms with Crippen molar-refractivity contribution in [2.45, 2.75) is 153 Å². The molecule has 4 aliphatic rings. The average Bonchev–Trinajstić information content (AvgIpc) is 3.17. The van der Waals surface area contributed by atoms with Crippen molar-refractivity contribution in [3.63, 3.8) is 0 Å². The van der Waals surface area contributed by atoms with E-state index >= 15 is 0 Å². The molecule has 1 saturated heterocycles. The highest BCUT2D eigenvalue weighted by Crippen LogP contribution is 2.48. The monoisotopic (exact) mass is 747 g/mol. The minimum atomic E-state index is -1.15. The summed E-state index contributed by atoms with van der Waals surface area (Å²) in [6.45, 7) is 6.54. The van der Waals surface area contributed by atoms with E-state index < -0.39 is 42.0 Å². The number of benzene rings is 1. The van der Waals surface area contributed by atoms with Crippen LogP contribution in [0.15, 0.2) is 30.3 Å². The summed E-state index contributed by atoms with van der Waals surface area (Å²) in [6, 6.07) is 8.55. The lowest BCUT2D eigenvalue weighted by Crippen LogP contribution is -2.56. The van der Waals surface area contributed by atoms with Crippen LogP contribution in [-0.4, -0.2) is 94.7 Å². The molecule has 3 saturated carbocycles. The second-order valence-corrected chi connectivity index (χ2v) is 17.8. The van der Waals surface area contributed by atoms with Gasteiger partial charge in [0.05, 0.1) is 18.1 Å². The number of terminal acetylenes is 1. The fraction of sp³-hybridized carbons (Fsp3) is 0.756. The molecule has 1 aromatic carbocycles. The number of amides is 3. The Kier molecular flexibility index (Phi) is 16.3. The van der Waals surface area contributed by atoms with Crippen LogP contribution in [0.3, 0.4) is 0 Å². The summed E-state index contributed by atoms with van der Waals surface area (Å²) in [5, 5.41) is 28.1. The van der Waals surface area contributed by atoms with Crippen molar-refractivity contribution in [3.05, 3.63) is 35.9 Å². The molecule has 1 aliphatic heterocycles. The van der Waals surface area contributed by atoms with E-state index in [9.17, 15) is 24.6 Å². The van der Waals surface area contributed by atoms with E-state index in [4.69, 9.17) is 6.42 Å². The Hall–Kier alpha value is -2.93. The smallest absolute Gasteiger partial charge is 0.243 e. The van der Waals surface area contributed by atoms with E-state index in [1.807, 2.05) is 51.2 Å². The summed E-state index contributed by atoms with van der Waals surface area (Å²) in [7, 11) is 1.84. The third-order valence-electron chi connectivity index (χ3n) is 13.4.